The van der Waals surface area contributed by atoms with Gasteiger partial charge in [-0.15, -0.1) is 0 Å². The van der Waals surface area contributed by atoms with Crippen molar-refractivity contribution in [2.24, 2.45) is 0 Å². The molecule has 0 spiro atoms. The van der Waals surface area contributed by atoms with Crippen LogP contribution < -0.4 is 15.4 Å². The van der Waals surface area contributed by atoms with Crippen LogP contribution in [0.2, 0.25) is 0 Å². The summed E-state index contributed by atoms with van der Waals surface area (Å²) >= 11 is 5.39. The summed E-state index contributed by atoms with van der Waals surface area (Å²) in [6.45, 7) is 0. The van der Waals surface area contributed by atoms with Crippen LogP contribution in [0.4, 0.5) is 13.2 Å². The number of halogens is 3. The second-order valence-corrected chi connectivity index (χ2v) is 9.44. The van der Waals surface area contributed by atoms with Crippen molar-refractivity contribution in [3.63, 3.8) is 0 Å². The third-order valence-corrected chi connectivity index (χ3v) is 6.83. The number of benzene rings is 1. The van der Waals surface area contributed by atoms with Crippen LogP contribution in [0.5, 0.6) is 0 Å². The first-order valence-corrected chi connectivity index (χ1v) is 11.3. The minimum absolute atomic E-state index is 0.0406. The zero-order valence-corrected chi connectivity index (χ0v) is 16.9. The molecule has 0 aliphatic heterocycles. The number of hydrogen-bond acceptors (Lipinski definition) is 3. The van der Waals surface area contributed by atoms with Crippen LogP contribution in [-0.2, 0) is 16.4 Å². The number of hydrogen-bond donors (Lipinski definition) is 3. The molecule has 3 rings (SSSR count). The minimum Gasteiger partial charge on any atom is -0.358 e. The van der Waals surface area contributed by atoms with E-state index in [1.165, 1.54) is 11.1 Å². The lowest BCUT2D eigenvalue weighted by Crippen LogP contribution is -2.56. The first-order valence-electron chi connectivity index (χ1n) is 9.41. The molecule has 156 valence electrons. The van der Waals surface area contributed by atoms with E-state index in [1.54, 1.807) is 0 Å². The predicted molar refractivity (Wildman–Crippen MR) is 105 cm³/mol. The van der Waals surface area contributed by atoms with E-state index >= 15 is 0 Å². The number of fused-ring (bicyclic) bond motifs is 1. The monoisotopic (exact) mass is 435 g/mol. The average Bonchev–Trinajstić information content (AvgIpc) is 2.62. The number of nitrogens with one attached hydrogen (secondary N) is 3. The maximum Gasteiger partial charge on any atom is 0.511 e. The molecule has 2 aliphatic carbocycles. The van der Waals surface area contributed by atoms with Crippen LogP contribution in [0.1, 0.15) is 55.7 Å². The fraction of sp³-hybridized carbons (Fsp3) is 0.611. The standard InChI is InChI=1S/C18H24F3N3O2S2/c19-18(20,21)28(25,26)24-16-10-4-3-9-15(16)23-17(27)22-14-11-5-7-12-6-1-2-8-13(12)14/h1-2,6,8,14-16,24H,3-5,7,9-11H2,(H2,22,23,27)/t14?,15-,16-/m0/s1. The largest absolute Gasteiger partial charge is 0.511 e. The van der Waals surface area contributed by atoms with Gasteiger partial charge in [0, 0.05) is 12.1 Å². The van der Waals surface area contributed by atoms with Gasteiger partial charge < -0.3 is 10.6 Å². The molecule has 0 aromatic heterocycles. The van der Waals surface area contributed by atoms with Crippen LogP contribution in [0, 0.1) is 0 Å². The van der Waals surface area contributed by atoms with E-state index in [0.29, 0.717) is 24.4 Å². The van der Waals surface area contributed by atoms with Gasteiger partial charge in [-0.05, 0) is 55.4 Å². The normalized spacial score (nSPS) is 25.6. The van der Waals surface area contributed by atoms with Gasteiger partial charge in [-0.2, -0.15) is 13.2 Å². The Hall–Kier alpha value is -1.39. The Morgan fingerprint density at radius 3 is 2.39 bits per heavy atom. The molecule has 3 atom stereocenters. The van der Waals surface area contributed by atoms with E-state index in [-0.39, 0.29) is 6.04 Å². The van der Waals surface area contributed by atoms with E-state index in [2.05, 4.69) is 22.8 Å². The molecule has 0 radical (unpaired) electrons. The number of alkyl halides is 3. The SMILES string of the molecule is O=S(=O)(N[C@H]1CCCC[C@@H]1NC(=S)NC1CCCc2ccccc21)C(F)(F)F. The van der Waals surface area contributed by atoms with Crippen molar-refractivity contribution in [1.82, 2.24) is 15.4 Å². The van der Waals surface area contributed by atoms with Crippen molar-refractivity contribution in [1.29, 1.82) is 0 Å². The Morgan fingerprint density at radius 2 is 1.68 bits per heavy atom. The summed E-state index contributed by atoms with van der Waals surface area (Å²) < 4.78 is 63.0. The molecule has 1 saturated carbocycles. The summed E-state index contributed by atoms with van der Waals surface area (Å²) in [6, 6.07) is 6.82. The summed E-state index contributed by atoms with van der Waals surface area (Å²) in [5.41, 5.74) is -2.88. The van der Waals surface area contributed by atoms with E-state index in [9.17, 15) is 21.6 Å². The Balaban J connectivity index is 1.64. The smallest absolute Gasteiger partial charge is 0.358 e. The maximum absolute atomic E-state index is 12.7. The topological polar surface area (TPSA) is 70.2 Å². The van der Waals surface area contributed by atoms with E-state index < -0.39 is 27.6 Å². The Bertz CT molecular complexity index is 815. The number of rotatable bonds is 4. The van der Waals surface area contributed by atoms with Gasteiger partial charge in [-0.3, -0.25) is 0 Å². The molecule has 0 saturated heterocycles. The van der Waals surface area contributed by atoms with Gasteiger partial charge >= 0.3 is 15.5 Å². The van der Waals surface area contributed by atoms with Gasteiger partial charge in [0.15, 0.2) is 5.11 Å². The van der Waals surface area contributed by atoms with Gasteiger partial charge in [0.2, 0.25) is 0 Å². The molecule has 0 bridgehead atoms. The highest BCUT2D eigenvalue weighted by molar-refractivity contribution is 7.90. The van der Waals surface area contributed by atoms with Crippen molar-refractivity contribution >= 4 is 27.4 Å². The molecule has 10 heteroatoms. The third kappa shape index (κ3) is 4.96. The van der Waals surface area contributed by atoms with Crippen LogP contribution in [-0.4, -0.2) is 31.1 Å². The molecular weight excluding hydrogens is 411 g/mol. The van der Waals surface area contributed by atoms with E-state index in [4.69, 9.17) is 12.2 Å². The molecule has 0 heterocycles. The number of sulfonamides is 1. The summed E-state index contributed by atoms with van der Waals surface area (Å²) in [5, 5.41) is 6.64. The second kappa shape index (κ2) is 8.54. The zero-order valence-electron chi connectivity index (χ0n) is 15.3. The summed E-state index contributed by atoms with van der Waals surface area (Å²) in [6.07, 6.45) is 5.30. The van der Waals surface area contributed by atoms with Gasteiger partial charge in [0.1, 0.15) is 0 Å². The molecule has 5 nitrogen and oxygen atoms in total. The molecule has 1 fully saturated rings. The van der Waals surface area contributed by atoms with Crippen LogP contribution in [0.3, 0.4) is 0 Å². The van der Waals surface area contributed by atoms with E-state index in [0.717, 1.165) is 25.7 Å². The predicted octanol–water partition coefficient (Wildman–Crippen LogP) is 3.28. The molecule has 3 N–H and O–H groups in total. The molecule has 28 heavy (non-hydrogen) atoms. The Kier molecular flexibility index (Phi) is 6.51. The lowest BCUT2D eigenvalue weighted by atomic mass is 9.88. The zero-order chi connectivity index (χ0) is 20.4. The lowest BCUT2D eigenvalue weighted by Gasteiger charge is -2.35. The molecule has 1 unspecified atom stereocenters. The van der Waals surface area contributed by atoms with Crippen molar-refractivity contribution in [3.8, 4) is 0 Å². The maximum atomic E-state index is 12.7. The highest BCUT2D eigenvalue weighted by Crippen LogP contribution is 2.30. The third-order valence-electron chi connectivity index (χ3n) is 5.37. The Labute approximate surface area is 168 Å². The summed E-state index contributed by atoms with van der Waals surface area (Å²) in [7, 11) is -5.39. The quantitative estimate of drug-likeness (QED) is 0.634. The number of thiocarbonyl (C=S) groups is 1. The fourth-order valence-corrected chi connectivity index (χ4v) is 5.09. The fourth-order valence-electron chi connectivity index (χ4n) is 3.98. The van der Waals surface area contributed by atoms with Crippen molar-refractivity contribution in [3.05, 3.63) is 35.4 Å². The van der Waals surface area contributed by atoms with Gasteiger partial charge in [-0.25, -0.2) is 13.1 Å². The highest BCUT2D eigenvalue weighted by atomic mass is 32.2. The molecular formula is C18H24F3N3O2S2. The van der Waals surface area contributed by atoms with Crippen LogP contribution >= 0.6 is 12.2 Å². The van der Waals surface area contributed by atoms with Crippen molar-refractivity contribution in [2.45, 2.75) is 68.6 Å². The lowest BCUT2D eigenvalue weighted by molar-refractivity contribution is -0.0453. The first-order chi connectivity index (χ1) is 13.2. The Morgan fingerprint density at radius 1 is 1.00 bits per heavy atom. The first kappa shape index (κ1) is 21.3. The van der Waals surface area contributed by atoms with Crippen LogP contribution in [0.15, 0.2) is 24.3 Å². The van der Waals surface area contributed by atoms with E-state index in [1.807, 2.05) is 16.9 Å². The molecule has 0 amide bonds. The van der Waals surface area contributed by atoms with Gasteiger partial charge in [0.25, 0.3) is 0 Å². The molecule has 2 aliphatic rings. The number of aryl methyl sites for hydroxylation is 1. The molecule has 1 aromatic carbocycles. The summed E-state index contributed by atoms with van der Waals surface area (Å²) in [5.74, 6) is 0. The van der Waals surface area contributed by atoms with Crippen LogP contribution in [0.25, 0.3) is 0 Å². The van der Waals surface area contributed by atoms with Gasteiger partial charge in [0.05, 0.1) is 6.04 Å². The molecule has 1 aromatic rings. The summed E-state index contributed by atoms with van der Waals surface area (Å²) in [4.78, 5) is 0. The minimum atomic E-state index is -5.39. The highest BCUT2D eigenvalue weighted by Gasteiger charge is 2.47. The second-order valence-electron chi connectivity index (χ2n) is 7.33. The van der Waals surface area contributed by atoms with Gasteiger partial charge in [-0.1, -0.05) is 37.1 Å². The van der Waals surface area contributed by atoms with Crippen molar-refractivity contribution < 1.29 is 21.6 Å². The average molecular weight is 436 g/mol. The van der Waals surface area contributed by atoms with Crippen molar-refractivity contribution in [2.75, 3.05) is 0 Å².